The smallest absolute Gasteiger partial charge is 0.253 e. The molecule has 0 unspecified atom stereocenters. The number of ether oxygens (including phenoxy) is 2. The van der Waals surface area contributed by atoms with Gasteiger partial charge in [-0.15, -0.1) is 0 Å². The number of carbonyl (C=O) groups excluding carboxylic acids is 1. The molecule has 4 rings (SSSR count). The van der Waals surface area contributed by atoms with Crippen LogP contribution < -0.4 is 9.64 Å². The van der Waals surface area contributed by atoms with Gasteiger partial charge in [0.1, 0.15) is 5.75 Å². The largest absolute Gasteiger partial charge is 0.496 e. The Kier molecular flexibility index (Phi) is 7.30. The summed E-state index contributed by atoms with van der Waals surface area (Å²) in [6, 6.07) is 22.1. The SMILES string of the molecule is COc1ccc(C(=O)N2CCN(c3cccc(C)c3C)CC2)cc1COCc1ccccc1. The Hall–Kier alpha value is -3.31. The first-order valence-electron chi connectivity index (χ1n) is 11.5. The van der Waals surface area contributed by atoms with Crippen molar-refractivity contribution in [3.05, 3.63) is 94.5 Å². The van der Waals surface area contributed by atoms with Crippen LogP contribution in [-0.2, 0) is 18.0 Å². The maximum absolute atomic E-state index is 13.2. The lowest BCUT2D eigenvalue weighted by Crippen LogP contribution is -2.49. The number of piperazine rings is 1. The summed E-state index contributed by atoms with van der Waals surface area (Å²) < 4.78 is 11.4. The van der Waals surface area contributed by atoms with Gasteiger partial charge in [0.25, 0.3) is 5.91 Å². The van der Waals surface area contributed by atoms with E-state index in [0.29, 0.717) is 31.9 Å². The highest BCUT2D eigenvalue weighted by Gasteiger charge is 2.24. The second-order valence-corrected chi connectivity index (χ2v) is 8.50. The molecule has 0 saturated carbocycles. The second-order valence-electron chi connectivity index (χ2n) is 8.50. The molecule has 1 amide bonds. The van der Waals surface area contributed by atoms with Crippen molar-refractivity contribution in [3.8, 4) is 5.75 Å². The third kappa shape index (κ3) is 5.37. The van der Waals surface area contributed by atoms with Crippen LogP contribution in [0.3, 0.4) is 0 Å². The van der Waals surface area contributed by atoms with E-state index in [0.717, 1.165) is 30.0 Å². The van der Waals surface area contributed by atoms with Gasteiger partial charge in [0.05, 0.1) is 20.3 Å². The van der Waals surface area contributed by atoms with Crippen molar-refractivity contribution in [2.24, 2.45) is 0 Å². The molecular formula is C28H32N2O3. The number of aryl methyl sites for hydroxylation is 1. The topological polar surface area (TPSA) is 42.0 Å². The molecule has 0 bridgehead atoms. The molecule has 0 atom stereocenters. The molecule has 1 aliphatic heterocycles. The summed E-state index contributed by atoms with van der Waals surface area (Å²) in [5.74, 6) is 0.793. The molecule has 33 heavy (non-hydrogen) atoms. The molecule has 1 heterocycles. The monoisotopic (exact) mass is 444 g/mol. The van der Waals surface area contributed by atoms with Gasteiger partial charge in [-0.3, -0.25) is 4.79 Å². The molecule has 5 nitrogen and oxygen atoms in total. The van der Waals surface area contributed by atoms with Crippen LogP contribution in [0.5, 0.6) is 5.75 Å². The van der Waals surface area contributed by atoms with Gasteiger partial charge in [0, 0.05) is 43.0 Å². The van der Waals surface area contributed by atoms with Crippen molar-refractivity contribution in [1.82, 2.24) is 4.90 Å². The van der Waals surface area contributed by atoms with E-state index in [1.807, 2.05) is 53.4 Å². The number of hydrogen-bond acceptors (Lipinski definition) is 4. The number of hydrogen-bond donors (Lipinski definition) is 0. The first-order valence-corrected chi connectivity index (χ1v) is 11.5. The summed E-state index contributed by atoms with van der Waals surface area (Å²) in [7, 11) is 1.64. The number of methoxy groups -OCH3 is 1. The lowest BCUT2D eigenvalue weighted by molar-refractivity contribution is 0.0745. The van der Waals surface area contributed by atoms with Crippen LogP contribution in [0.1, 0.15) is 32.6 Å². The van der Waals surface area contributed by atoms with Gasteiger partial charge in [0.2, 0.25) is 0 Å². The normalized spacial score (nSPS) is 13.8. The first-order chi connectivity index (χ1) is 16.1. The Labute approximate surface area is 196 Å². The van der Waals surface area contributed by atoms with Crippen LogP contribution >= 0.6 is 0 Å². The number of nitrogens with zero attached hydrogens (tertiary/aromatic N) is 2. The molecule has 1 aliphatic rings. The van der Waals surface area contributed by atoms with E-state index in [9.17, 15) is 4.79 Å². The maximum Gasteiger partial charge on any atom is 0.253 e. The highest BCUT2D eigenvalue weighted by Crippen LogP contribution is 2.25. The van der Waals surface area contributed by atoms with E-state index >= 15 is 0 Å². The van der Waals surface area contributed by atoms with Crippen molar-refractivity contribution in [2.75, 3.05) is 38.2 Å². The molecule has 1 fully saturated rings. The van der Waals surface area contributed by atoms with Crippen LogP contribution in [0.4, 0.5) is 5.69 Å². The van der Waals surface area contributed by atoms with E-state index in [1.54, 1.807) is 7.11 Å². The average molecular weight is 445 g/mol. The number of anilines is 1. The van der Waals surface area contributed by atoms with Gasteiger partial charge in [0.15, 0.2) is 0 Å². The fraction of sp³-hybridized carbons (Fsp3) is 0.321. The number of benzene rings is 3. The molecule has 0 aliphatic carbocycles. The Bertz CT molecular complexity index is 1090. The Morgan fingerprint density at radius 2 is 1.64 bits per heavy atom. The highest BCUT2D eigenvalue weighted by atomic mass is 16.5. The third-order valence-electron chi connectivity index (χ3n) is 6.38. The highest BCUT2D eigenvalue weighted by molar-refractivity contribution is 5.94. The van der Waals surface area contributed by atoms with Crippen LogP contribution in [-0.4, -0.2) is 44.1 Å². The average Bonchev–Trinajstić information content (AvgIpc) is 2.86. The molecule has 1 saturated heterocycles. The third-order valence-corrected chi connectivity index (χ3v) is 6.38. The fourth-order valence-electron chi connectivity index (χ4n) is 4.29. The molecule has 0 spiro atoms. The van der Waals surface area contributed by atoms with E-state index < -0.39 is 0 Å². The summed E-state index contributed by atoms with van der Waals surface area (Å²) in [6.07, 6.45) is 0. The van der Waals surface area contributed by atoms with Crippen molar-refractivity contribution in [2.45, 2.75) is 27.1 Å². The minimum Gasteiger partial charge on any atom is -0.496 e. The van der Waals surface area contributed by atoms with Crippen LogP contribution in [0.25, 0.3) is 0 Å². The zero-order valence-electron chi connectivity index (χ0n) is 19.7. The van der Waals surface area contributed by atoms with Gasteiger partial charge >= 0.3 is 0 Å². The standard InChI is InChI=1S/C28H32N2O3/c1-21-8-7-11-26(22(21)2)29-14-16-30(17-15-29)28(31)24-12-13-27(32-3)25(18-24)20-33-19-23-9-5-4-6-10-23/h4-13,18H,14-17,19-20H2,1-3H3. The molecule has 3 aromatic carbocycles. The Balaban J connectivity index is 1.39. The van der Waals surface area contributed by atoms with E-state index in [4.69, 9.17) is 9.47 Å². The predicted molar refractivity (Wildman–Crippen MR) is 132 cm³/mol. The fourth-order valence-corrected chi connectivity index (χ4v) is 4.29. The molecule has 0 N–H and O–H groups in total. The van der Waals surface area contributed by atoms with Gasteiger partial charge in [-0.25, -0.2) is 0 Å². The lowest BCUT2D eigenvalue weighted by Gasteiger charge is -2.37. The number of rotatable bonds is 7. The van der Waals surface area contributed by atoms with Gasteiger partial charge in [-0.05, 0) is 54.8 Å². The van der Waals surface area contributed by atoms with Crippen molar-refractivity contribution >= 4 is 11.6 Å². The van der Waals surface area contributed by atoms with Crippen LogP contribution in [0, 0.1) is 13.8 Å². The van der Waals surface area contributed by atoms with E-state index in [1.165, 1.54) is 16.8 Å². The molecule has 0 radical (unpaired) electrons. The number of carbonyl (C=O) groups is 1. The van der Waals surface area contributed by atoms with Crippen molar-refractivity contribution < 1.29 is 14.3 Å². The maximum atomic E-state index is 13.2. The van der Waals surface area contributed by atoms with E-state index in [2.05, 4.69) is 36.9 Å². The Morgan fingerprint density at radius 1 is 0.879 bits per heavy atom. The summed E-state index contributed by atoms with van der Waals surface area (Å²) >= 11 is 0. The minimum absolute atomic E-state index is 0.0579. The predicted octanol–water partition coefficient (Wildman–Crippen LogP) is 4.99. The van der Waals surface area contributed by atoms with Gasteiger partial charge in [-0.2, -0.15) is 0 Å². The molecule has 0 aromatic heterocycles. The van der Waals surface area contributed by atoms with Crippen molar-refractivity contribution in [1.29, 1.82) is 0 Å². The molecule has 5 heteroatoms. The minimum atomic E-state index is 0.0579. The molecule has 172 valence electrons. The summed E-state index contributed by atoms with van der Waals surface area (Å²) in [4.78, 5) is 17.6. The van der Waals surface area contributed by atoms with Gasteiger partial charge in [-0.1, -0.05) is 42.5 Å². The Morgan fingerprint density at radius 3 is 2.36 bits per heavy atom. The van der Waals surface area contributed by atoms with Gasteiger partial charge < -0.3 is 19.3 Å². The van der Waals surface area contributed by atoms with Crippen LogP contribution in [0.2, 0.25) is 0 Å². The van der Waals surface area contributed by atoms with E-state index in [-0.39, 0.29) is 5.91 Å². The quantitative estimate of drug-likeness (QED) is 0.515. The van der Waals surface area contributed by atoms with Crippen molar-refractivity contribution in [3.63, 3.8) is 0 Å². The number of amides is 1. The molecular weight excluding hydrogens is 412 g/mol. The molecule has 3 aromatic rings. The van der Waals surface area contributed by atoms with Crippen LogP contribution in [0.15, 0.2) is 66.7 Å². The first kappa shape index (κ1) is 22.9. The second kappa shape index (κ2) is 10.5. The zero-order chi connectivity index (χ0) is 23.2. The lowest BCUT2D eigenvalue weighted by atomic mass is 10.1. The summed E-state index contributed by atoms with van der Waals surface area (Å²) in [5.41, 5.74) is 6.55. The zero-order valence-corrected chi connectivity index (χ0v) is 19.7. The summed E-state index contributed by atoms with van der Waals surface area (Å²) in [5, 5.41) is 0. The summed E-state index contributed by atoms with van der Waals surface area (Å²) in [6.45, 7) is 8.29.